The molecule has 0 aliphatic heterocycles. The van der Waals surface area contributed by atoms with Gasteiger partial charge in [-0.3, -0.25) is 4.79 Å². The van der Waals surface area contributed by atoms with E-state index in [0.29, 0.717) is 23.5 Å². The van der Waals surface area contributed by atoms with Gasteiger partial charge >= 0.3 is 0 Å². The van der Waals surface area contributed by atoms with Gasteiger partial charge in [0.25, 0.3) is 0 Å². The first-order valence-corrected chi connectivity index (χ1v) is 5.67. The zero-order valence-electron chi connectivity index (χ0n) is 7.81. The predicted octanol–water partition coefficient (Wildman–Crippen LogP) is 3.74. The summed E-state index contributed by atoms with van der Waals surface area (Å²) in [7, 11) is 6.70. The monoisotopic (exact) mass is 218 g/mol. The molecular weight excluding hydrogens is 208 g/mol. The Labute approximate surface area is 86.1 Å². The molecule has 0 radical (unpaired) electrons. The van der Waals surface area contributed by atoms with Crippen molar-refractivity contribution in [2.24, 2.45) is 0 Å². The molecule has 0 fully saturated rings. The van der Waals surface area contributed by atoms with E-state index in [0.717, 1.165) is 15.9 Å². The minimum Gasteiger partial charge on any atom is -0.465 e. The van der Waals surface area contributed by atoms with Crippen LogP contribution in [0.4, 0.5) is 0 Å². The van der Waals surface area contributed by atoms with E-state index in [1.165, 1.54) is 0 Å². The Morgan fingerprint density at radius 1 is 1.46 bits per heavy atom. The topological polar surface area (TPSA) is 30.2 Å². The second-order valence-corrected chi connectivity index (χ2v) is 3.80. The average Bonchev–Trinajstić information content (AvgIpc) is 2.39. The van der Waals surface area contributed by atoms with Crippen molar-refractivity contribution in [3.8, 4) is 0 Å². The van der Waals surface area contributed by atoms with Crippen LogP contribution in [-0.4, -0.2) is 5.78 Å². The first kappa shape index (κ1) is 10.7. The molecule has 13 heavy (non-hydrogen) atoms. The number of hydrogen-bond acceptors (Lipinski definition) is 3. The normalized spacial score (nSPS) is 10.5. The molecule has 1 aromatic rings. The highest BCUT2D eigenvalue weighted by molar-refractivity contribution is 8.21. The van der Waals surface area contributed by atoms with Gasteiger partial charge in [-0.2, -0.15) is 0 Å². The maximum absolute atomic E-state index is 11.5. The van der Waals surface area contributed by atoms with Crippen LogP contribution in [-0.2, 0) is 0 Å². The summed E-state index contributed by atoms with van der Waals surface area (Å²) in [5, 5.41) is 0. The first-order chi connectivity index (χ1) is 6.11. The van der Waals surface area contributed by atoms with Crippen LogP contribution in [0.1, 0.15) is 35.2 Å². The molecule has 0 amide bonds. The smallest absolute Gasteiger partial charge is 0.167 e. The molecule has 0 unspecified atom stereocenters. The molecule has 0 bridgehead atoms. The van der Waals surface area contributed by atoms with E-state index in [1.807, 2.05) is 13.8 Å². The highest BCUT2D eigenvalue weighted by Gasteiger charge is 2.19. The van der Waals surface area contributed by atoms with Gasteiger partial charge in [0.2, 0.25) is 0 Å². The molecule has 0 aliphatic rings. The third-order valence-corrected chi connectivity index (χ3v) is 2.99. The Balaban J connectivity index is 3.24. The van der Waals surface area contributed by atoms with Gasteiger partial charge in [-0.1, -0.05) is 6.92 Å². The zero-order chi connectivity index (χ0) is 10.0. The summed E-state index contributed by atoms with van der Waals surface area (Å²) in [5.74, 6) is 1.46. The fourth-order valence-electron chi connectivity index (χ4n) is 1.26. The highest BCUT2D eigenvalue weighted by Crippen LogP contribution is 2.34. The molecule has 72 valence electrons. The molecule has 2 nitrogen and oxygen atoms in total. The standard InChI is InChI=1S/C9H11ClO2S/c1-4-7(11)8-5(2)12-6(3)9(8)13-10/h4H2,1-3H3. The van der Waals surface area contributed by atoms with Crippen LogP contribution < -0.4 is 0 Å². The fourth-order valence-corrected chi connectivity index (χ4v) is 2.30. The van der Waals surface area contributed by atoms with E-state index in [-0.39, 0.29) is 5.78 Å². The van der Waals surface area contributed by atoms with Crippen LogP contribution in [0.5, 0.6) is 0 Å². The summed E-state index contributed by atoms with van der Waals surface area (Å²) >= 11 is 0. The van der Waals surface area contributed by atoms with Crippen LogP contribution in [0.25, 0.3) is 0 Å². The molecule has 4 heteroatoms. The maximum Gasteiger partial charge on any atom is 0.167 e. The van der Waals surface area contributed by atoms with Crippen LogP contribution in [0.3, 0.4) is 0 Å². The molecule has 0 atom stereocenters. The lowest BCUT2D eigenvalue weighted by atomic mass is 10.1. The molecule has 1 aromatic heterocycles. The Bertz CT molecular complexity index is 331. The minimum atomic E-state index is 0.0810. The molecule has 1 heterocycles. The number of rotatable bonds is 3. The maximum atomic E-state index is 11.5. The van der Waals surface area contributed by atoms with Crippen LogP contribution in [0.2, 0.25) is 0 Å². The highest BCUT2D eigenvalue weighted by atomic mass is 35.7. The SMILES string of the molecule is CCC(=O)c1c(C)oc(C)c1SCl. The lowest BCUT2D eigenvalue weighted by molar-refractivity contribution is 0.0984. The molecular formula is C9H11ClO2S. The number of hydrogen-bond donors (Lipinski definition) is 0. The molecule has 0 saturated heterocycles. The lowest BCUT2D eigenvalue weighted by Gasteiger charge is -1.96. The molecule has 1 rings (SSSR count). The number of ketones is 1. The predicted molar refractivity (Wildman–Crippen MR) is 54.5 cm³/mol. The van der Waals surface area contributed by atoms with Gasteiger partial charge in [0.05, 0.1) is 10.5 Å². The number of aryl methyl sites for hydroxylation is 2. The van der Waals surface area contributed by atoms with Gasteiger partial charge in [0, 0.05) is 6.42 Å². The van der Waals surface area contributed by atoms with Gasteiger partial charge in [-0.25, -0.2) is 0 Å². The molecule has 0 aromatic carbocycles. The summed E-state index contributed by atoms with van der Waals surface area (Å²) in [6, 6.07) is 0. The van der Waals surface area contributed by atoms with Gasteiger partial charge in [0.15, 0.2) is 5.78 Å². The van der Waals surface area contributed by atoms with Crippen LogP contribution >= 0.6 is 21.7 Å². The molecule has 0 N–H and O–H groups in total. The largest absolute Gasteiger partial charge is 0.465 e. The van der Waals surface area contributed by atoms with Gasteiger partial charge in [-0.15, -0.1) is 0 Å². The molecule has 0 spiro atoms. The number of carbonyl (C=O) groups excluding carboxylic acids is 1. The van der Waals surface area contributed by atoms with Crippen molar-refractivity contribution in [3.05, 3.63) is 17.1 Å². The first-order valence-electron chi connectivity index (χ1n) is 4.03. The fraction of sp³-hybridized carbons (Fsp3) is 0.444. The van der Waals surface area contributed by atoms with Crippen molar-refractivity contribution in [1.82, 2.24) is 0 Å². The van der Waals surface area contributed by atoms with E-state index in [1.54, 1.807) is 6.92 Å². The van der Waals surface area contributed by atoms with Crippen molar-refractivity contribution in [3.63, 3.8) is 0 Å². The van der Waals surface area contributed by atoms with E-state index < -0.39 is 0 Å². The Hall–Kier alpha value is -0.410. The summed E-state index contributed by atoms with van der Waals surface area (Å²) in [4.78, 5) is 12.3. The second kappa shape index (κ2) is 4.20. The van der Waals surface area contributed by atoms with Crippen LogP contribution in [0, 0.1) is 13.8 Å². The summed E-state index contributed by atoms with van der Waals surface area (Å²) in [6.45, 7) is 5.42. The molecule has 0 aliphatic carbocycles. The Kier molecular flexibility index (Phi) is 3.45. The van der Waals surface area contributed by atoms with Crippen molar-refractivity contribution in [1.29, 1.82) is 0 Å². The molecule has 0 saturated carbocycles. The van der Waals surface area contributed by atoms with Gasteiger partial charge in [0.1, 0.15) is 11.5 Å². The van der Waals surface area contributed by atoms with Crippen molar-refractivity contribution in [2.45, 2.75) is 32.1 Å². The van der Waals surface area contributed by atoms with E-state index >= 15 is 0 Å². The van der Waals surface area contributed by atoms with Crippen molar-refractivity contribution in [2.75, 3.05) is 0 Å². The number of furan rings is 1. The lowest BCUT2D eigenvalue weighted by Crippen LogP contribution is -1.98. The van der Waals surface area contributed by atoms with Crippen molar-refractivity contribution < 1.29 is 9.21 Å². The Morgan fingerprint density at radius 2 is 2.08 bits per heavy atom. The van der Waals surface area contributed by atoms with E-state index in [2.05, 4.69) is 0 Å². The number of halogens is 1. The van der Waals surface area contributed by atoms with Crippen molar-refractivity contribution >= 4 is 27.4 Å². The number of carbonyl (C=O) groups is 1. The summed E-state index contributed by atoms with van der Waals surface area (Å²) in [6.07, 6.45) is 0.476. The van der Waals surface area contributed by atoms with Gasteiger partial charge in [-0.05, 0) is 35.5 Å². The summed E-state index contributed by atoms with van der Waals surface area (Å²) in [5.41, 5.74) is 0.639. The number of Topliss-reactive ketones (excluding diaryl/α,β-unsaturated/α-hetero) is 1. The van der Waals surface area contributed by atoms with Gasteiger partial charge < -0.3 is 4.42 Å². The average molecular weight is 219 g/mol. The third-order valence-electron chi connectivity index (χ3n) is 1.88. The minimum absolute atomic E-state index is 0.0810. The third kappa shape index (κ3) is 1.92. The quantitative estimate of drug-likeness (QED) is 0.725. The zero-order valence-corrected chi connectivity index (χ0v) is 9.38. The Morgan fingerprint density at radius 3 is 2.54 bits per heavy atom. The van der Waals surface area contributed by atoms with E-state index in [4.69, 9.17) is 15.1 Å². The second-order valence-electron chi connectivity index (χ2n) is 2.77. The summed E-state index contributed by atoms with van der Waals surface area (Å²) < 4.78 is 5.33. The van der Waals surface area contributed by atoms with E-state index in [9.17, 15) is 4.79 Å². The van der Waals surface area contributed by atoms with Crippen LogP contribution in [0.15, 0.2) is 9.31 Å².